The van der Waals surface area contributed by atoms with Crippen LogP contribution in [0.5, 0.6) is 0 Å². The van der Waals surface area contributed by atoms with Gasteiger partial charge in [0.1, 0.15) is 0 Å². The highest BCUT2D eigenvalue weighted by Crippen LogP contribution is 2.19. The van der Waals surface area contributed by atoms with Gasteiger partial charge in [-0.25, -0.2) is 0 Å². The molecular formula is C27H55NO. The van der Waals surface area contributed by atoms with Crippen molar-refractivity contribution in [1.29, 1.82) is 0 Å². The lowest BCUT2D eigenvalue weighted by Gasteiger charge is -2.13. The predicted octanol–water partition coefficient (Wildman–Crippen LogP) is 9.10. The summed E-state index contributed by atoms with van der Waals surface area (Å²) in [6, 6.07) is 0. The van der Waals surface area contributed by atoms with Crippen molar-refractivity contribution in [2.24, 2.45) is 11.7 Å². The standard InChI is InChI=1S/C27H55NO/c1-3-5-7-9-11-13-15-17-19-21-23-25-26(27(28)29)24-22-20-18-16-14-12-10-8-6-4-2/h26H,3-25H2,1-2H3,(H2,28,29). The van der Waals surface area contributed by atoms with Gasteiger partial charge in [0, 0.05) is 5.92 Å². The van der Waals surface area contributed by atoms with E-state index in [0.717, 1.165) is 12.8 Å². The summed E-state index contributed by atoms with van der Waals surface area (Å²) in [4.78, 5) is 11.7. The molecule has 174 valence electrons. The molecule has 2 N–H and O–H groups in total. The highest BCUT2D eigenvalue weighted by molar-refractivity contribution is 5.76. The molecule has 0 aromatic rings. The topological polar surface area (TPSA) is 43.1 Å². The fraction of sp³-hybridized carbons (Fsp3) is 0.963. The molecule has 1 amide bonds. The lowest BCUT2D eigenvalue weighted by molar-refractivity contribution is -0.122. The maximum atomic E-state index is 11.7. The average molecular weight is 410 g/mol. The monoisotopic (exact) mass is 409 g/mol. The summed E-state index contributed by atoms with van der Waals surface area (Å²) >= 11 is 0. The van der Waals surface area contributed by atoms with Gasteiger partial charge in [-0.3, -0.25) is 4.79 Å². The number of hydrogen-bond donors (Lipinski definition) is 1. The van der Waals surface area contributed by atoms with Crippen LogP contribution in [-0.2, 0) is 4.79 Å². The molecule has 1 atom stereocenters. The lowest BCUT2D eigenvalue weighted by atomic mass is 9.93. The largest absolute Gasteiger partial charge is 0.369 e. The highest BCUT2D eigenvalue weighted by Gasteiger charge is 2.14. The molecule has 0 saturated heterocycles. The molecule has 0 saturated carbocycles. The fourth-order valence-electron chi connectivity index (χ4n) is 4.36. The Hall–Kier alpha value is -0.530. The second-order valence-corrected chi connectivity index (χ2v) is 9.39. The number of hydrogen-bond acceptors (Lipinski definition) is 1. The maximum Gasteiger partial charge on any atom is 0.220 e. The number of rotatable bonds is 24. The molecule has 0 aromatic carbocycles. The summed E-state index contributed by atoms with van der Waals surface area (Å²) < 4.78 is 0. The van der Waals surface area contributed by atoms with Crippen LogP contribution in [0.25, 0.3) is 0 Å². The Morgan fingerprint density at radius 1 is 0.483 bits per heavy atom. The summed E-state index contributed by atoms with van der Waals surface area (Å²) in [5.41, 5.74) is 5.65. The van der Waals surface area contributed by atoms with Gasteiger partial charge in [-0.15, -0.1) is 0 Å². The Bertz CT molecular complexity index is 328. The van der Waals surface area contributed by atoms with E-state index in [1.165, 1.54) is 135 Å². The van der Waals surface area contributed by atoms with Crippen LogP contribution in [-0.4, -0.2) is 5.91 Å². The molecule has 0 bridgehead atoms. The van der Waals surface area contributed by atoms with Gasteiger partial charge in [-0.2, -0.15) is 0 Å². The first kappa shape index (κ1) is 28.5. The predicted molar refractivity (Wildman–Crippen MR) is 130 cm³/mol. The number of unbranched alkanes of at least 4 members (excludes halogenated alkanes) is 19. The molecule has 2 heteroatoms. The molecule has 0 heterocycles. The van der Waals surface area contributed by atoms with Crippen LogP contribution < -0.4 is 5.73 Å². The number of primary amides is 1. The molecule has 0 aliphatic heterocycles. The van der Waals surface area contributed by atoms with E-state index in [9.17, 15) is 4.79 Å². The number of nitrogens with two attached hydrogens (primary N) is 1. The van der Waals surface area contributed by atoms with Crippen LogP contribution in [0.2, 0.25) is 0 Å². The van der Waals surface area contributed by atoms with Crippen molar-refractivity contribution in [1.82, 2.24) is 0 Å². The van der Waals surface area contributed by atoms with Gasteiger partial charge in [0.05, 0.1) is 0 Å². The van der Waals surface area contributed by atoms with Crippen LogP contribution in [0.1, 0.15) is 162 Å². The third kappa shape index (κ3) is 22.0. The van der Waals surface area contributed by atoms with E-state index in [2.05, 4.69) is 13.8 Å². The van der Waals surface area contributed by atoms with Crippen LogP contribution in [0, 0.1) is 5.92 Å². The maximum absolute atomic E-state index is 11.7. The van der Waals surface area contributed by atoms with Gasteiger partial charge in [-0.05, 0) is 12.8 Å². The summed E-state index contributed by atoms with van der Waals surface area (Å²) in [6.45, 7) is 4.55. The van der Waals surface area contributed by atoms with Crippen LogP contribution >= 0.6 is 0 Å². The van der Waals surface area contributed by atoms with Crippen molar-refractivity contribution in [2.75, 3.05) is 0 Å². The first-order chi connectivity index (χ1) is 14.2. The molecule has 0 spiro atoms. The fourth-order valence-corrected chi connectivity index (χ4v) is 4.36. The number of amides is 1. The van der Waals surface area contributed by atoms with E-state index in [-0.39, 0.29) is 11.8 Å². The van der Waals surface area contributed by atoms with Gasteiger partial charge in [0.15, 0.2) is 0 Å². The van der Waals surface area contributed by atoms with Gasteiger partial charge in [-0.1, -0.05) is 149 Å². The Kier molecular flexibility index (Phi) is 23.3. The summed E-state index contributed by atoms with van der Waals surface area (Å²) in [5.74, 6) is 0.0654. The Labute approximate surface area is 184 Å². The molecular weight excluding hydrogens is 354 g/mol. The van der Waals surface area contributed by atoms with E-state index < -0.39 is 0 Å². The normalized spacial score (nSPS) is 12.3. The molecule has 0 aliphatic carbocycles. The minimum Gasteiger partial charge on any atom is -0.369 e. The number of carbonyl (C=O) groups excluding carboxylic acids is 1. The molecule has 0 fully saturated rings. The zero-order valence-corrected chi connectivity index (χ0v) is 20.3. The van der Waals surface area contributed by atoms with E-state index in [4.69, 9.17) is 5.73 Å². The Morgan fingerprint density at radius 2 is 0.724 bits per heavy atom. The number of carbonyl (C=O) groups is 1. The van der Waals surface area contributed by atoms with E-state index >= 15 is 0 Å². The van der Waals surface area contributed by atoms with Crippen LogP contribution in [0.3, 0.4) is 0 Å². The Morgan fingerprint density at radius 3 is 0.966 bits per heavy atom. The minimum absolute atomic E-state index is 0.0620. The van der Waals surface area contributed by atoms with Crippen molar-refractivity contribution in [3.05, 3.63) is 0 Å². The van der Waals surface area contributed by atoms with Crippen molar-refractivity contribution < 1.29 is 4.79 Å². The molecule has 0 aliphatic rings. The van der Waals surface area contributed by atoms with Crippen molar-refractivity contribution >= 4 is 5.91 Å². The zero-order valence-electron chi connectivity index (χ0n) is 20.3. The third-order valence-corrected chi connectivity index (χ3v) is 6.46. The Balaban J connectivity index is 3.44. The molecule has 29 heavy (non-hydrogen) atoms. The molecule has 0 radical (unpaired) electrons. The molecule has 2 nitrogen and oxygen atoms in total. The second-order valence-electron chi connectivity index (χ2n) is 9.39. The highest BCUT2D eigenvalue weighted by atomic mass is 16.1. The summed E-state index contributed by atoms with van der Waals surface area (Å²) in [5, 5.41) is 0. The van der Waals surface area contributed by atoms with Crippen molar-refractivity contribution in [3.8, 4) is 0 Å². The smallest absolute Gasteiger partial charge is 0.220 e. The molecule has 1 unspecified atom stereocenters. The van der Waals surface area contributed by atoms with Crippen molar-refractivity contribution in [3.63, 3.8) is 0 Å². The first-order valence-corrected chi connectivity index (χ1v) is 13.5. The second kappa shape index (κ2) is 23.7. The first-order valence-electron chi connectivity index (χ1n) is 13.5. The van der Waals surface area contributed by atoms with Gasteiger partial charge in [0.25, 0.3) is 0 Å². The van der Waals surface area contributed by atoms with Gasteiger partial charge < -0.3 is 5.73 Å². The van der Waals surface area contributed by atoms with E-state index in [0.29, 0.717) is 0 Å². The van der Waals surface area contributed by atoms with Gasteiger partial charge >= 0.3 is 0 Å². The van der Waals surface area contributed by atoms with Crippen LogP contribution in [0.4, 0.5) is 0 Å². The lowest BCUT2D eigenvalue weighted by Crippen LogP contribution is -2.23. The van der Waals surface area contributed by atoms with E-state index in [1.54, 1.807) is 0 Å². The summed E-state index contributed by atoms with van der Waals surface area (Å²) in [7, 11) is 0. The van der Waals surface area contributed by atoms with Gasteiger partial charge in [0.2, 0.25) is 5.91 Å². The average Bonchev–Trinajstić information content (AvgIpc) is 2.71. The van der Waals surface area contributed by atoms with Crippen molar-refractivity contribution in [2.45, 2.75) is 162 Å². The van der Waals surface area contributed by atoms with Crippen LogP contribution in [0.15, 0.2) is 0 Å². The van der Waals surface area contributed by atoms with E-state index in [1.807, 2.05) is 0 Å². The minimum atomic E-state index is -0.0620. The summed E-state index contributed by atoms with van der Waals surface area (Å²) in [6.07, 6.45) is 30.5. The molecule has 0 rings (SSSR count). The molecule has 0 aromatic heterocycles. The SMILES string of the molecule is CCCCCCCCCCCCCC(CCCCCCCCCCCC)C(N)=O. The zero-order chi connectivity index (χ0) is 21.4. The quantitative estimate of drug-likeness (QED) is 0.159. The third-order valence-electron chi connectivity index (χ3n) is 6.46.